The van der Waals surface area contributed by atoms with Crippen molar-refractivity contribution in [2.75, 3.05) is 11.5 Å². The van der Waals surface area contributed by atoms with Gasteiger partial charge in [-0.15, -0.1) is 10.2 Å². The van der Waals surface area contributed by atoms with Gasteiger partial charge in [0.25, 0.3) is 0 Å². The molecule has 1 aromatic rings. The second kappa shape index (κ2) is 4.31. The standard InChI is InChI=1S/C11H18N4O2S/c12-9-1-4-15-10(7-9)13-14-11(15)8-2-5-18(16,17)6-3-8/h8-9H,1-7,12H2. The van der Waals surface area contributed by atoms with Crippen LogP contribution in [0.3, 0.4) is 0 Å². The monoisotopic (exact) mass is 270 g/mol. The summed E-state index contributed by atoms with van der Waals surface area (Å²) >= 11 is 0. The lowest BCUT2D eigenvalue weighted by molar-refractivity contribution is 0.435. The Morgan fingerprint density at radius 2 is 1.89 bits per heavy atom. The highest BCUT2D eigenvalue weighted by Crippen LogP contribution is 2.29. The van der Waals surface area contributed by atoms with E-state index in [9.17, 15) is 8.42 Å². The van der Waals surface area contributed by atoms with Gasteiger partial charge in [0.05, 0.1) is 11.5 Å². The summed E-state index contributed by atoms with van der Waals surface area (Å²) in [6, 6.07) is 0.182. The second-order valence-corrected chi connectivity index (χ2v) is 7.61. The molecule has 0 radical (unpaired) electrons. The van der Waals surface area contributed by atoms with Crippen LogP contribution in [0.15, 0.2) is 0 Å². The summed E-state index contributed by atoms with van der Waals surface area (Å²) in [5.41, 5.74) is 5.91. The Labute approximate surface area is 106 Å². The number of fused-ring (bicyclic) bond motifs is 1. The molecule has 6 nitrogen and oxygen atoms in total. The first-order chi connectivity index (χ1) is 8.55. The van der Waals surface area contributed by atoms with E-state index >= 15 is 0 Å². The lowest BCUT2D eigenvalue weighted by Gasteiger charge is -2.25. The Morgan fingerprint density at radius 1 is 1.17 bits per heavy atom. The van der Waals surface area contributed by atoms with Crippen molar-refractivity contribution in [2.45, 2.75) is 44.2 Å². The third kappa shape index (κ3) is 2.16. The first kappa shape index (κ1) is 12.1. The van der Waals surface area contributed by atoms with Gasteiger partial charge in [0.1, 0.15) is 21.5 Å². The Morgan fingerprint density at radius 3 is 2.61 bits per heavy atom. The van der Waals surface area contributed by atoms with E-state index in [-0.39, 0.29) is 23.5 Å². The van der Waals surface area contributed by atoms with E-state index in [1.807, 2.05) is 0 Å². The van der Waals surface area contributed by atoms with Crippen LogP contribution in [-0.2, 0) is 22.8 Å². The second-order valence-electron chi connectivity index (χ2n) is 5.31. The highest BCUT2D eigenvalue weighted by atomic mass is 32.2. The molecule has 7 heteroatoms. The van der Waals surface area contributed by atoms with Gasteiger partial charge in [-0.2, -0.15) is 0 Å². The maximum absolute atomic E-state index is 11.4. The van der Waals surface area contributed by atoms with Gasteiger partial charge in [0.2, 0.25) is 0 Å². The number of nitrogens with zero attached hydrogens (tertiary/aromatic N) is 3. The van der Waals surface area contributed by atoms with Gasteiger partial charge in [0.15, 0.2) is 0 Å². The summed E-state index contributed by atoms with van der Waals surface area (Å²) in [6.45, 7) is 0.863. The molecule has 2 N–H and O–H groups in total. The Hall–Kier alpha value is -0.950. The first-order valence-corrected chi connectivity index (χ1v) is 8.25. The highest BCUT2D eigenvalue weighted by Gasteiger charge is 2.30. The van der Waals surface area contributed by atoms with Crippen molar-refractivity contribution in [1.29, 1.82) is 0 Å². The van der Waals surface area contributed by atoms with Crippen LogP contribution >= 0.6 is 0 Å². The summed E-state index contributed by atoms with van der Waals surface area (Å²) in [5, 5.41) is 8.47. The molecule has 18 heavy (non-hydrogen) atoms. The van der Waals surface area contributed by atoms with Crippen LogP contribution in [0.4, 0.5) is 0 Å². The van der Waals surface area contributed by atoms with Crippen LogP contribution in [0, 0.1) is 0 Å². The fourth-order valence-electron chi connectivity index (χ4n) is 2.83. The minimum absolute atomic E-state index is 0.182. The zero-order valence-corrected chi connectivity index (χ0v) is 11.1. The molecule has 0 amide bonds. The normalized spacial score (nSPS) is 27.9. The largest absolute Gasteiger partial charge is 0.327 e. The van der Waals surface area contributed by atoms with Crippen LogP contribution in [0.5, 0.6) is 0 Å². The van der Waals surface area contributed by atoms with Crippen LogP contribution in [-0.4, -0.2) is 40.7 Å². The molecule has 0 bridgehead atoms. The van der Waals surface area contributed by atoms with Crippen molar-refractivity contribution in [3.05, 3.63) is 11.6 Å². The van der Waals surface area contributed by atoms with Gasteiger partial charge >= 0.3 is 0 Å². The molecule has 2 aliphatic rings. The van der Waals surface area contributed by atoms with E-state index in [1.165, 1.54) is 0 Å². The van der Waals surface area contributed by atoms with Crippen LogP contribution < -0.4 is 5.73 Å². The van der Waals surface area contributed by atoms with Crippen LogP contribution in [0.1, 0.15) is 36.8 Å². The molecule has 3 heterocycles. The molecule has 0 saturated carbocycles. The Balaban J connectivity index is 1.82. The molecule has 1 atom stereocenters. The maximum atomic E-state index is 11.4. The molecule has 3 rings (SSSR count). The van der Waals surface area contributed by atoms with Crippen LogP contribution in [0.25, 0.3) is 0 Å². The van der Waals surface area contributed by atoms with E-state index in [0.29, 0.717) is 12.8 Å². The molecule has 1 fully saturated rings. The van der Waals surface area contributed by atoms with E-state index < -0.39 is 9.84 Å². The van der Waals surface area contributed by atoms with Crippen LogP contribution in [0.2, 0.25) is 0 Å². The number of hydrogen-bond donors (Lipinski definition) is 1. The lowest BCUT2D eigenvalue weighted by atomic mass is 10.0. The van der Waals surface area contributed by atoms with E-state index in [0.717, 1.165) is 31.0 Å². The number of hydrogen-bond acceptors (Lipinski definition) is 5. The molecule has 2 aliphatic heterocycles. The predicted octanol–water partition coefficient (Wildman–Crippen LogP) is -0.156. The highest BCUT2D eigenvalue weighted by molar-refractivity contribution is 7.91. The number of aromatic nitrogens is 3. The third-order valence-corrected chi connectivity index (χ3v) is 5.66. The SMILES string of the molecule is NC1CCn2c(nnc2C2CCS(=O)(=O)CC2)C1. The molecular weight excluding hydrogens is 252 g/mol. The molecular formula is C11H18N4O2S. The van der Waals surface area contributed by atoms with Gasteiger partial charge in [-0.05, 0) is 19.3 Å². The van der Waals surface area contributed by atoms with Crippen molar-refractivity contribution in [1.82, 2.24) is 14.8 Å². The maximum Gasteiger partial charge on any atom is 0.150 e. The van der Waals surface area contributed by atoms with Gasteiger partial charge < -0.3 is 10.3 Å². The summed E-state index contributed by atoms with van der Waals surface area (Å²) in [4.78, 5) is 0. The Kier molecular flexibility index (Phi) is 2.90. The number of rotatable bonds is 1. The first-order valence-electron chi connectivity index (χ1n) is 6.43. The molecule has 0 aromatic carbocycles. The molecule has 100 valence electrons. The third-order valence-electron chi connectivity index (χ3n) is 3.94. The number of nitrogens with two attached hydrogens (primary N) is 1. The zero-order chi connectivity index (χ0) is 12.8. The molecule has 0 spiro atoms. The van der Waals surface area contributed by atoms with E-state index in [4.69, 9.17) is 5.73 Å². The van der Waals surface area contributed by atoms with E-state index in [2.05, 4.69) is 14.8 Å². The van der Waals surface area contributed by atoms with Crippen molar-refractivity contribution < 1.29 is 8.42 Å². The van der Waals surface area contributed by atoms with Crippen molar-refractivity contribution >= 4 is 9.84 Å². The Bertz CT molecular complexity index is 537. The fraction of sp³-hybridized carbons (Fsp3) is 0.818. The minimum atomic E-state index is -2.81. The van der Waals surface area contributed by atoms with Gasteiger partial charge in [-0.25, -0.2) is 8.42 Å². The average molecular weight is 270 g/mol. The van der Waals surface area contributed by atoms with Crippen molar-refractivity contribution in [3.63, 3.8) is 0 Å². The predicted molar refractivity (Wildman–Crippen MR) is 66.9 cm³/mol. The van der Waals surface area contributed by atoms with E-state index in [1.54, 1.807) is 0 Å². The zero-order valence-electron chi connectivity index (χ0n) is 10.2. The lowest BCUT2D eigenvalue weighted by Crippen LogP contribution is -2.32. The van der Waals surface area contributed by atoms with Crippen molar-refractivity contribution in [3.8, 4) is 0 Å². The summed E-state index contributed by atoms with van der Waals surface area (Å²) in [7, 11) is -2.81. The fourth-order valence-corrected chi connectivity index (χ4v) is 4.32. The molecule has 1 saturated heterocycles. The van der Waals surface area contributed by atoms with Gasteiger partial charge in [-0.1, -0.05) is 0 Å². The van der Waals surface area contributed by atoms with Gasteiger partial charge in [0, 0.05) is 24.9 Å². The molecule has 1 aromatic heterocycles. The average Bonchev–Trinajstić information content (AvgIpc) is 2.72. The minimum Gasteiger partial charge on any atom is -0.327 e. The summed E-state index contributed by atoms with van der Waals surface area (Å²) < 4.78 is 25.0. The molecule has 0 aliphatic carbocycles. The van der Waals surface area contributed by atoms with Crippen molar-refractivity contribution in [2.24, 2.45) is 5.73 Å². The number of sulfone groups is 1. The smallest absolute Gasteiger partial charge is 0.150 e. The van der Waals surface area contributed by atoms with Gasteiger partial charge in [-0.3, -0.25) is 0 Å². The topological polar surface area (TPSA) is 90.9 Å². The quantitative estimate of drug-likeness (QED) is 0.766. The molecule has 1 unspecified atom stereocenters. The summed E-state index contributed by atoms with van der Waals surface area (Å²) in [5.74, 6) is 2.71. The summed E-state index contributed by atoms with van der Waals surface area (Å²) in [6.07, 6.45) is 3.07.